The first-order chi connectivity index (χ1) is 8.97. The van der Waals surface area contributed by atoms with Crippen LogP contribution in [0.5, 0.6) is 0 Å². The van der Waals surface area contributed by atoms with Crippen molar-refractivity contribution >= 4 is 10.0 Å². The van der Waals surface area contributed by atoms with Crippen molar-refractivity contribution in [1.82, 2.24) is 9.62 Å². The Morgan fingerprint density at radius 1 is 1.32 bits per heavy atom. The molecule has 0 radical (unpaired) electrons. The van der Waals surface area contributed by atoms with Gasteiger partial charge < -0.3 is 0 Å². The van der Waals surface area contributed by atoms with Crippen LogP contribution in [0.2, 0.25) is 0 Å². The van der Waals surface area contributed by atoms with Crippen molar-refractivity contribution in [2.45, 2.75) is 25.3 Å². The minimum Gasteiger partial charge on any atom is -0.299 e. The molecule has 0 saturated carbocycles. The van der Waals surface area contributed by atoms with Crippen LogP contribution in [0.25, 0.3) is 0 Å². The van der Waals surface area contributed by atoms with Crippen LogP contribution in [-0.4, -0.2) is 45.2 Å². The van der Waals surface area contributed by atoms with Crippen LogP contribution in [0.3, 0.4) is 0 Å². The number of hydrogen-bond acceptors (Lipinski definition) is 3. The molecule has 1 N–H and O–H groups in total. The molecule has 1 fully saturated rings. The molecule has 106 valence electrons. The summed E-state index contributed by atoms with van der Waals surface area (Å²) in [5, 5.41) is 0. The lowest BCUT2D eigenvalue weighted by Gasteiger charge is -2.24. The van der Waals surface area contributed by atoms with Crippen LogP contribution < -0.4 is 4.72 Å². The topological polar surface area (TPSA) is 49.4 Å². The predicted octanol–water partition coefficient (Wildman–Crippen LogP) is 1.41. The smallest absolute Gasteiger partial charge is 0.208 e. The second-order valence-corrected chi connectivity index (χ2v) is 7.08. The van der Waals surface area contributed by atoms with Crippen LogP contribution in [0.1, 0.15) is 24.8 Å². The molecule has 5 heteroatoms. The third-order valence-electron chi connectivity index (χ3n) is 3.88. The first kappa shape index (κ1) is 14.5. The van der Waals surface area contributed by atoms with Gasteiger partial charge in [0.2, 0.25) is 10.0 Å². The zero-order valence-corrected chi connectivity index (χ0v) is 12.4. The van der Waals surface area contributed by atoms with E-state index in [1.807, 2.05) is 6.07 Å². The van der Waals surface area contributed by atoms with Gasteiger partial charge in [0.1, 0.15) is 0 Å². The van der Waals surface area contributed by atoms with E-state index in [2.05, 4.69) is 40.8 Å². The monoisotopic (exact) mass is 282 g/mol. The van der Waals surface area contributed by atoms with E-state index in [4.69, 9.17) is 0 Å². The highest BCUT2D eigenvalue weighted by atomic mass is 32.2. The molecule has 1 heterocycles. The van der Waals surface area contributed by atoms with Gasteiger partial charge in [-0.1, -0.05) is 30.3 Å². The zero-order valence-electron chi connectivity index (χ0n) is 11.5. The Hall–Kier alpha value is -0.910. The fourth-order valence-electron chi connectivity index (χ4n) is 2.84. The van der Waals surface area contributed by atoms with Crippen molar-refractivity contribution < 1.29 is 8.42 Å². The minimum atomic E-state index is -3.08. The average Bonchev–Trinajstić information content (AvgIpc) is 2.71. The molecular formula is C14H22N2O2S. The average molecular weight is 282 g/mol. The van der Waals surface area contributed by atoms with Crippen molar-refractivity contribution in [3.8, 4) is 0 Å². The van der Waals surface area contributed by atoms with Gasteiger partial charge >= 0.3 is 0 Å². The number of sulfonamides is 1. The maximum Gasteiger partial charge on any atom is 0.208 e. The molecule has 1 aliphatic heterocycles. The van der Waals surface area contributed by atoms with Gasteiger partial charge in [-0.2, -0.15) is 0 Å². The van der Waals surface area contributed by atoms with E-state index in [0.717, 1.165) is 19.5 Å². The third-order valence-corrected chi connectivity index (χ3v) is 4.61. The van der Waals surface area contributed by atoms with E-state index < -0.39 is 10.0 Å². The maximum atomic E-state index is 11.0. The lowest BCUT2D eigenvalue weighted by atomic mass is 9.93. The number of nitrogens with zero attached hydrogens (tertiary/aromatic N) is 1. The molecule has 0 amide bonds. The second kappa shape index (κ2) is 6.03. The number of hydrogen-bond donors (Lipinski definition) is 1. The maximum absolute atomic E-state index is 11.0. The Morgan fingerprint density at radius 3 is 2.63 bits per heavy atom. The van der Waals surface area contributed by atoms with E-state index in [9.17, 15) is 8.42 Å². The molecule has 1 saturated heterocycles. The molecule has 19 heavy (non-hydrogen) atoms. The Morgan fingerprint density at radius 2 is 2.00 bits per heavy atom. The number of nitrogens with one attached hydrogen (secondary N) is 1. The zero-order chi connectivity index (χ0) is 13.9. The summed E-state index contributed by atoms with van der Waals surface area (Å²) in [6.07, 6.45) is 2.34. The van der Waals surface area contributed by atoms with Crippen molar-refractivity contribution in [3.63, 3.8) is 0 Å². The molecule has 2 rings (SSSR count). The van der Waals surface area contributed by atoms with Crippen molar-refractivity contribution in [2.24, 2.45) is 0 Å². The largest absolute Gasteiger partial charge is 0.299 e. The van der Waals surface area contributed by atoms with E-state index >= 15 is 0 Å². The van der Waals surface area contributed by atoms with E-state index in [1.165, 1.54) is 11.8 Å². The first-order valence-electron chi connectivity index (χ1n) is 6.71. The van der Waals surface area contributed by atoms with E-state index in [0.29, 0.717) is 18.5 Å². The standard InChI is InChI=1S/C14H22N2O2S/c1-12-14(13-6-4-3-5-7-13)8-10-16(12)11-9-15-19(2,17)18/h3-7,12,14-15H,8-11H2,1-2H3. The Bertz CT molecular complexity index is 501. The highest BCUT2D eigenvalue weighted by molar-refractivity contribution is 7.88. The summed E-state index contributed by atoms with van der Waals surface area (Å²) >= 11 is 0. The van der Waals surface area contributed by atoms with Crippen LogP contribution in [0, 0.1) is 0 Å². The minimum absolute atomic E-state index is 0.462. The summed E-state index contributed by atoms with van der Waals surface area (Å²) in [5.41, 5.74) is 1.38. The summed E-state index contributed by atoms with van der Waals surface area (Å²) < 4.78 is 24.6. The summed E-state index contributed by atoms with van der Waals surface area (Å²) in [6, 6.07) is 11.0. The van der Waals surface area contributed by atoms with Gasteiger partial charge in [0.25, 0.3) is 0 Å². The fraction of sp³-hybridized carbons (Fsp3) is 0.571. The molecular weight excluding hydrogens is 260 g/mol. The van der Waals surface area contributed by atoms with Gasteiger partial charge in [0.05, 0.1) is 6.26 Å². The predicted molar refractivity (Wildman–Crippen MR) is 77.7 cm³/mol. The summed E-state index contributed by atoms with van der Waals surface area (Å²) in [5.74, 6) is 0.555. The molecule has 2 unspecified atom stereocenters. The summed E-state index contributed by atoms with van der Waals surface area (Å²) in [4.78, 5) is 2.36. The second-order valence-electron chi connectivity index (χ2n) is 5.25. The molecule has 0 aromatic heterocycles. The quantitative estimate of drug-likeness (QED) is 0.888. The number of likely N-dealkylation sites (tertiary alicyclic amines) is 1. The Kier molecular flexibility index (Phi) is 4.60. The summed E-state index contributed by atoms with van der Waals surface area (Å²) in [7, 11) is -3.08. The SMILES string of the molecule is CC1C(c2ccccc2)CCN1CCNS(C)(=O)=O. The molecule has 1 aliphatic rings. The van der Waals surface area contributed by atoms with Gasteiger partial charge in [-0.3, -0.25) is 4.90 Å². The van der Waals surface area contributed by atoms with Crippen LogP contribution in [-0.2, 0) is 10.0 Å². The van der Waals surface area contributed by atoms with Gasteiger partial charge in [-0.25, -0.2) is 13.1 Å². The van der Waals surface area contributed by atoms with Crippen LogP contribution in [0.4, 0.5) is 0 Å². The number of benzene rings is 1. The third kappa shape index (κ3) is 4.03. The lowest BCUT2D eigenvalue weighted by Crippen LogP contribution is -2.37. The van der Waals surface area contributed by atoms with Crippen molar-refractivity contribution in [2.75, 3.05) is 25.9 Å². The Balaban J connectivity index is 1.89. The molecule has 1 aromatic carbocycles. The molecule has 0 bridgehead atoms. The highest BCUT2D eigenvalue weighted by Crippen LogP contribution is 2.32. The van der Waals surface area contributed by atoms with Gasteiger partial charge in [-0.05, 0) is 25.5 Å². The first-order valence-corrected chi connectivity index (χ1v) is 8.60. The molecule has 4 nitrogen and oxygen atoms in total. The Labute approximate surface area is 115 Å². The van der Waals surface area contributed by atoms with Crippen molar-refractivity contribution in [3.05, 3.63) is 35.9 Å². The molecule has 1 aromatic rings. The highest BCUT2D eigenvalue weighted by Gasteiger charge is 2.31. The van der Waals surface area contributed by atoms with Crippen LogP contribution >= 0.6 is 0 Å². The van der Waals surface area contributed by atoms with Gasteiger partial charge in [0.15, 0.2) is 0 Å². The summed E-state index contributed by atoms with van der Waals surface area (Å²) in [6.45, 7) is 4.53. The van der Waals surface area contributed by atoms with Crippen LogP contribution in [0.15, 0.2) is 30.3 Å². The van der Waals surface area contributed by atoms with Gasteiger partial charge in [-0.15, -0.1) is 0 Å². The molecule has 0 aliphatic carbocycles. The van der Waals surface area contributed by atoms with Gasteiger partial charge in [0, 0.05) is 25.0 Å². The molecule has 2 atom stereocenters. The lowest BCUT2D eigenvalue weighted by molar-refractivity contribution is 0.264. The van der Waals surface area contributed by atoms with E-state index in [1.54, 1.807) is 0 Å². The normalized spacial score (nSPS) is 24.7. The van der Waals surface area contributed by atoms with E-state index in [-0.39, 0.29) is 0 Å². The van der Waals surface area contributed by atoms with Crippen molar-refractivity contribution in [1.29, 1.82) is 0 Å². The fourth-order valence-corrected chi connectivity index (χ4v) is 3.30. The molecule has 0 spiro atoms. The number of rotatable bonds is 5.